The van der Waals surface area contributed by atoms with Gasteiger partial charge in [-0.1, -0.05) is 65.8 Å². The molecule has 2 unspecified atom stereocenters. The Labute approximate surface area is 213 Å². The second-order valence-corrected chi connectivity index (χ2v) is 9.13. The van der Waals surface area contributed by atoms with Gasteiger partial charge in [-0.25, -0.2) is 9.18 Å². The van der Waals surface area contributed by atoms with Crippen LogP contribution in [0.3, 0.4) is 0 Å². The van der Waals surface area contributed by atoms with E-state index in [4.69, 9.17) is 44.9 Å². The van der Waals surface area contributed by atoms with E-state index in [9.17, 15) is 4.79 Å². The standard InChI is InChI=1S/C26H22Cl2FNO3S/c1-32-26(31)22-7-4-14-30(22)25(34)17-10-13-23(21(29)15-17)33-24(16-8-11-18(27)12-9-16)19-5-2-3-6-20(19)28/h2-3,5-6,8-13,15,22,24H,4,7,14H2,1H3. The molecule has 0 spiro atoms. The number of ether oxygens (including phenoxy) is 2. The van der Waals surface area contributed by atoms with Gasteiger partial charge in [-0.05, 0) is 54.8 Å². The Hall–Kier alpha value is -2.67. The second kappa shape index (κ2) is 10.7. The summed E-state index contributed by atoms with van der Waals surface area (Å²) in [6.07, 6.45) is 0.807. The molecule has 0 aromatic heterocycles. The third kappa shape index (κ3) is 5.19. The first-order chi connectivity index (χ1) is 16.4. The van der Waals surface area contributed by atoms with Crippen LogP contribution in [0.2, 0.25) is 10.0 Å². The van der Waals surface area contributed by atoms with Crippen molar-refractivity contribution in [3.8, 4) is 5.75 Å². The third-order valence-electron chi connectivity index (χ3n) is 5.77. The fourth-order valence-electron chi connectivity index (χ4n) is 4.05. The molecular formula is C26H22Cl2FNO3S. The van der Waals surface area contributed by atoms with Crippen molar-refractivity contribution < 1.29 is 18.7 Å². The molecule has 1 fully saturated rings. The van der Waals surface area contributed by atoms with E-state index in [2.05, 4.69) is 0 Å². The van der Waals surface area contributed by atoms with Crippen LogP contribution in [-0.4, -0.2) is 35.6 Å². The number of hydrogen-bond acceptors (Lipinski definition) is 4. The zero-order valence-corrected chi connectivity index (χ0v) is 20.7. The van der Waals surface area contributed by atoms with Crippen LogP contribution in [0.25, 0.3) is 0 Å². The van der Waals surface area contributed by atoms with Gasteiger partial charge in [0.05, 0.1) is 7.11 Å². The number of rotatable bonds is 6. The van der Waals surface area contributed by atoms with Crippen molar-refractivity contribution in [1.29, 1.82) is 0 Å². The van der Waals surface area contributed by atoms with Crippen LogP contribution in [0.4, 0.5) is 4.39 Å². The van der Waals surface area contributed by atoms with Gasteiger partial charge in [-0.3, -0.25) is 0 Å². The minimum Gasteiger partial charge on any atom is -0.478 e. The van der Waals surface area contributed by atoms with Crippen LogP contribution < -0.4 is 4.74 Å². The van der Waals surface area contributed by atoms with Gasteiger partial charge < -0.3 is 14.4 Å². The van der Waals surface area contributed by atoms with Crippen molar-refractivity contribution in [3.63, 3.8) is 0 Å². The highest BCUT2D eigenvalue weighted by Crippen LogP contribution is 2.35. The summed E-state index contributed by atoms with van der Waals surface area (Å²) in [5, 5.41) is 1.08. The van der Waals surface area contributed by atoms with Crippen molar-refractivity contribution in [1.82, 2.24) is 4.90 Å². The molecule has 1 aliphatic heterocycles. The van der Waals surface area contributed by atoms with E-state index in [-0.39, 0.29) is 11.7 Å². The Kier molecular flexibility index (Phi) is 7.71. The maximum absolute atomic E-state index is 15.2. The van der Waals surface area contributed by atoms with Crippen LogP contribution in [0.5, 0.6) is 5.75 Å². The lowest BCUT2D eigenvalue weighted by molar-refractivity contribution is -0.144. The molecule has 1 saturated heterocycles. The van der Waals surface area contributed by atoms with E-state index in [1.54, 1.807) is 35.2 Å². The van der Waals surface area contributed by atoms with E-state index in [1.807, 2.05) is 30.3 Å². The molecule has 34 heavy (non-hydrogen) atoms. The Morgan fingerprint density at radius 3 is 2.53 bits per heavy atom. The highest BCUT2D eigenvalue weighted by atomic mass is 35.5. The Morgan fingerprint density at radius 2 is 1.85 bits per heavy atom. The number of thiocarbonyl (C=S) groups is 1. The number of benzene rings is 3. The highest BCUT2D eigenvalue weighted by molar-refractivity contribution is 7.80. The molecule has 0 bridgehead atoms. The molecule has 1 heterocycles. The largest absolute Gasteiger partial charge is 0.478 e. The molecule has 0 saturated carbocycles. The van der Waals surface area contributed by atoms with E-state index in [1.165, 1.54) is 13.2 Å². The van der Waals surface area contributed by atoms with E-state index in [0.29, 0.717) is 39.1 Å². The first kappa shape index (κ1) is 24.5. The summed E-state index contributed by atoms with van der Waals surface area (Å²) in [7, 11) is 1.35. The number of nitrogens with zero attached hydrogens (tertiary/aromatic N) is 1. The van der Waals surface area contributed by atoms with Gasteiger partial charge in [-0.2, -0.15) is 0 Å². The van der Waals surface area contributed by atoms with Crippen LogP contribution >= 0.6 is 35.4 Å². The van der Waals surface area contributed by atoms with Gasteiger partial charge in [0.15, 0.2) is 17.7 Å². The van der Waals surface area contributed by atoms with Gasteiger partial charge in [0.25, 0.3) is 0 Å². The molecule has 0 aliphatic carbocycles. The summed E-state index contributed by atoms with van der Waals surface area (Å²) >= 11 is 18.1. The zero-order chi connectivity index (χ0) is 24.2. The van der Waals surface area contributed by atoms with Crippen molar-refractivity contribution >= 4 is 46.4 Å². The van der Waals surface area contributed by atoms with Crippen LogP contribution in [-0.2, 0) is 9.53 Å². The number of esters is 1. The Bertz CT molecular complexity index is 1200. The second-order valence-electron chi connectivity index (χ2n) is 7.90. The summed E-state index contributed by atoms with van der Waals surface area (Å²) in [5.41, 5.74) is 1.97. The average Bonchev–Trinajstić information content (AvgIpc) is 3.33. The van der Waals surface area contributed by atoms with Crippen LogP contribution in [0.15, 0.2) is 66.7 Å². The van der Waals surface area contributed by atoms with Gasteiger partial charge in [0.2, 0.25) is 0 Å². The van der Waals surface area contributed by atoms with Crippen molar-refractivity contribution in [3.05, 3.63) is 99.3 Å². The number of hydrogen-bond donors (Lipinski definition) is 0. The molecule has 4 nitrogen and oxygen atoms in total. The molecule has 176 valence electrons. The normalized spacial score (nSPS) is 16.2. The molecule has 8 heteroatoms. The highest BCUT2D eigenvalue weighted by Gasteiger charge is 2.33. The predicted molar refractivity (Wildman–Crippen MR) is 135 cm³/mol. The molecular weight excluding hydrogens is 496 g/mol. The summed E-state index contributed by atoms with van der Waals surface area (Å²) in [5.74, 6) is -0.858. The summed E-state index contributed by atoms with van der Waals surface area (Å²) in [6, 6.07) is 18.5. The lowest BCUT2D eigenvalue weighted by Gasteiger charge is -2.26. The van der Waals surface area contributed by atoms with E-state index in [0.717, 1.165) is 12.0 Å². The first-order valence-electron chi connectivity index (χ1n) is 10.7. The number of halogens is 3. The van der Waals surface area contributed by atoms with Crippen molar-refractivity contribution in [2.24, 2.45) is 0 Å². The fraction of sp³-hybridized carbons (Fsp3) is 0.231. The Balaban J connectivity index is 1.62. The van der Waals surface area contributed by atoms with Gasteiger partial charge in [-0.15, -0.1) is 0 Å². The number of methoxy groups -OCH3 is 1. The SMILES string of the molecule is COC(=O)C1CCCN1C(=S)c1ccc(OC(c2ccc(Cl)cc2)c2ccccc2Cl)c(F)c1. The van der Waals surface area contributed by atoms with Gasteiger partial charge >= 0.3 is 5.97 Å². The molecule has 2 atom stereocenters. The van der Waals surface area contributed by atoms with Crippen molar-refractivity contribution in [2.45, 2.75) is 25.0 Å². The summed E-state index contributed by atoms with van der Waals surface area (Å²) in [4.78, 5) is 14.3. The van der Waals surface area contributed by atoms with Crippen LogP contribution in [0, 0.1) is 5.82 Å². The molecule has 0 amide bonds. The fourth-order valence-corrected chi connectivity index (χ4v) is 4.76. The number of carbonyl (C=O) groups is 1. The first-order valence-corrected chi connectivity index (χ1v) is 11.9. The minimum absolute atomic E-state index is 0.0531. The molecule has 3 aromatic rings. The van der Waals surface area contributed by atoms with Gasteiger partial charge in [0.1, 0.15) is 11.0 Å². The molecule has 0 N–H and O–H groups in total. The molecule has 3 aromatic carbocycles. The van der Waals surface area contributed by atoms with E-state index < -0.39 is 18.0 Å². The number of carbonyl (C=O) groups excluding carboxylic acids is 1. The summed E-state index contributed by atoms with van der Waals surface area (Å²) in [6.45, 7) is 0.615. The number of likely N-dealkylation sites (tertiary alicyclic amines) is 1. The molecule has 4 rings (SSSR count). The Morgan fingerprint density at radius 1 is 1.12 bits per heavy atom. The quantitative estimate of drug-likeness (QED) is 0.271. The lowest BCUT2D eigenvalue weighted by Crippen LogP contribution is -2.40. The predicted octanol–water partition coefficient (Wildman–Crippen LogP) is 6.61. The summed E-state index contributed by atoms with van der Waals surface area (Å²) < 4.78 is 26.3. The van der Waals surface area contributed by atoms with Crippen LogP contribution in [0.1, 0.15) is 35.6 Å². The molecule has 1 aliphatic rings. The molecule has 0 radical (unpaired) electrons. The average molecular weight is 518 g/mol. The smallest absolute Gasteiger partial charge is 0.328 e. The third-order valence-corrected chi connectivity index (χ3v) is 6.84. The van der Waals surface area contributed by atoms with Crippen molar-refractivity contribution in [2.75, 3.05) is 13.7 Å². The maximum atomic E-state index is 15.2. The lowest BCUT2D eigenvalue weighted by atomic mass is 10.0. The topological polar surface area (TPSA) is 38.8 Å². The van der Waals surface area contributed by atoms with E-state index >= 15 is 4.39 Å². The maximum Gasteiger partial charge on any atom is 0.328 e. The minimum atomic E-state index is -0.652. The monoisotopic (exact) mass is 517 g/mol. The zero-order valence-electron chi connectivity index (χ0n) is 18.3. The van der Waals surface area contributed by atoms with Gasteiger partial charge in [0, 0.05) is 27.7 Å².